The molecule has 326 valence electrons. The number of unbranched alkanes of at least 4 members (excludes halogenated alkanes) is 2. The molecule has 1 saturated carbocycles. The number of ether oxygens (including phenoxy) is 4. The van der Waals surface area contributed by atoms with Gasteiger partial charge in [-0.05, 0) is 96.5 Å². The Bertz CT molecular complexity index is 2160. The minimum absolute atomic E-state index is 0.0684. The zero-order valence-corrected chi connectivity index (χ0v) is 35.8. The van der Waals surface area contributed by atoms with Crippen LogP contribution in [0.2, 0.25) is 0 Å². The lowest BCUT2D eigenvalue weighted by atomic mass is 9.55. The number of fused-ring (bicyclic) bond motifs is 2. The third kappa shape index (κ3) is 9.99. The molecule has 6 unspecified atom stereocenters. The number of rotatable bonds is 21. The predicted octanol–water partition coefficient (Wildman–Crippen LogP) is 10.6. The van der Waals surface area contributed by atoms with Gasteiger partial charge in [-0.25, -0.2) is 4.79 Å². The summed E-state index contributed by atoms with van der Waals surface area (Å²) >= 11 is 0. The second kappa shape index (κ2) is 21.4. The van der Waals surface area contributed by atoms with Crippen LogP contribution in [-0.2, 0) is 20.9 Å². The molecule has 7 rings (SSSR count). The molecule has 4 aromatic carbocycles. The van der Waals surface area contributed by atoms with Gasteiger partial charge in [-0.15, -0.1) is 13.2 Å². The topological polar surface area (TPSA) is 119 Å². The average molecular weight is 841 g/mol. The SMILES string of the molecule is C=CCCOC(=O)N(C)C1CC(=NOCc2ccccc2)C2=CC(CCCCO)C(CCCCO)C3c4cc(Oc5ccc(-c6ccccc6)cc5)ccc4OC1(OCC=C)C23. The Balaban J connectivity index is 1.36. The Hall–Kier alpha value is -5.68. The number of likely N-dealkylation sites (N-methyl/N-ethyl adjacent to an activating group) is 1. The van der Waals surface area contributed by atoms with E-state index in [2.05, 4.69) is 49.6 Å². The van der Waals surface area contributed by atoms with E-state index in [1.165, 1.54) is 0 Å². The van der Waals surface area contributed by atoms with Gasteiger partial charge in [0.25, 0.3) is 0 Å². The second-order valence-electron chi connectivity index (χ2n) is 16.3. The van der Waals surface area contributed by atoms with Crippen LogP contribution in [0.5, 0.6) is 17.2 Å². The fourth-order valence-corrected chi connectivity index (χ4v) is 9.49. The number of carbonyl (C=O) groups excluding carboxylic acids is 1. The zero-order chi connectivity index (χ0) is 43.3. The van der Waals surface area contributed by atoms with Crippen LogP contribution in [0, 0.1) is 17.8 Å². The summed E-state index contributed by atoms with van der Waals surface area (Å²) in [5.74, 6) is 0.132. The number of carbonyl (C=O) groups is 1. The molecule has 2 aliphatic carbocycles. The number of aliphatic hydroxyl groups excluding tert-OH is 2. The Morgan fingerprint density at radius 1 is 0.871 bits per heavy atom. The normalized spacial score (nSPS) is 22.9. The van der Waals surface area contributed by atoms with E-state index < -0.39 is 23.8 Å². The molecular formula is C52H60N2O8. The number of hydrogen-bond donors (Lipinski definition) is 2. The molecule has 0 bridgehead atoms. The van der Waals surface area contributed by atoms with E-state index >= 15 is 0 Å². The van der Waals surface area contributed by atoms with Crippen molar-refractivity contribution in [2.75, 3.05) is 33.5 Å². The average Bonchev–Trinajstić information content (AvgIpc) is 3.30. The fourth-order valence-electron chi connectivity index (χ4n) is 9.49. The van der Waals surface area contributed by atoms with E-state index in [-0.39, 0.29) is 57.2 Å². The minimum Gasteiger partial charge on any atom is -0.459 e. The number of benzene rings is 4. The lowest BCUT2D eigenvalue weighted by Crippen LogP contribution is -2.69. The minimum atomic E-state index is -1.39. The van der Waals surface area contributed by atoms with Crippen molar-refractivity contribution in [3.05, 3.63) is 151 Å². The van der Waals surface area contributed by atoms with Crippen molar-refractivity contribution in [1.82, 2.24) is 4.90 Å². The van der Waals surface area contributed by atoms with Crippen LogP contribution >= 0.6 is 0 Å². The van der Waals surface area contributed by atoms with Gasteiger partial charge in [0, 0.05) is 38.2 Å². The number of hydrogen-bond acceptors (Lipinski definition) is 9. The predicted molar refractivity (Wildman–Crippen MR) is 242 cm³/mol. The number of aliphatic hydroxyl groups is 2. The monoisotopic (exact) mass is 840 g/mol. The lowest BCUT2D eigenvalue weighted by Gasteiger charge is -2.59. The van der Waals surface area contributed by atoms with Crippen molar-refractivity contribution in [3.63, 3.8) is 0 Å². The van der Waals surface area contributed by atoms with Gasteiger partial charge in [0.05, 0.1) is 24.8 Å². The summed E-state index contributed by atoms with van der Waals surface area (Å²) in [7, 11) is 1.73. The van der Waals surface area contributed by atoms with E-state index in [4.69, 9.17) is 28.9 Å². The molecule has 0 aromatic heterocycles. The number of oxime groups is 1. The van der Waals surface area contributed by atoms with Gasteiger partial charge in [0.2, 0.25) is 5.79 Å². The van der Waals surface area contributed by atoms with Gasteiger partial charge in [0.1, 0.15) is 29.9 Å². The van der Waals surface area contributed by atoms with Crippen molar-refractivity contribution in [1.29, 1.82) is 0 Å². The molecule has 3 aliphatic rings. The first-order valence-corrected chi connectivity index (χ1v) is 22.0. The van der Waals surface area contributed by atoms with E-state index in [1.807, 2.05) is 72.8 Å². The Labute approximate surface area is 366 Å². The van der Waals surface area contributed by atoms with Crippen molar-refractivity contribution >= 4 is 11.8 Å². The number of amides is 1. The second-order valence-corrected chi connectivity index (χ2v) is 16.3. The third-order valence-electron chi connectivity index (χ3n) is 12.4. The van der Waals surface area contributed by atoms with E-state index in [0.717, 1.165) is 53.5 Å². The summed E-state index contributed by atoms with van der Waals surface area (Å²) in [5.41, 5.74) is 5.84. The van der Waals surface area contributed by atoms with Crippen LogP contribution in [0.3, 0.4) is 0 Å². The highest BCUT2D eigenvalue weighted by molar-refractivity contribution is 6.03. The maximum atomic E-state index is 14.0. The maximum Gasteiger partial charge on any atom is 0.409 e. The third-order valence-corrected chi connectivity index (χ3v) is 12.4. The van der Waals surface area contributed by atoms with Crippen LogP contribution in [0.4, 0.5) is 4.79 Å². The number of allylic oxidation sites excluding steroid dienone is 1. The fraction of sp³-hybridized carbons (Fsp3) is 0.385. The molecule has 0 spiro atoms. The van der Waals surface area contributed by atoms with Crippen LogP contribution in [0.15, 0.2) is 145 Å². The largest absolute Gasteiger partial charge is 0.459 e. The first-order valence-electron chi connectivity index (χ1n) is 22.0. The van der Waals surface area contributed by atoms with Crippen LogP contribution < -0.4 is 9.47 Å². The molecule has 10 heteroatoms. The van der Waals surface area contributed by atoms with E-state index in [0.29, 0.717) is 42.2 Å². The Morgan fingerprint density at radius 2 is 1.56 bits per heavy atom. The summed E-state index contributed by atoms with van der Waals surface area (Å²) in [6.45, 7) is 8.62. The molecule has 0 saturated heterocycles. The maximum absolute atomic E-state index is 14.0. The summed E-state index contributed by atoms with van der Waals surface area (Å²) in [4.78, 5) is 21.7. The quantitative estimate of drug-likeness (QED) is 0.0484. The Kier molecular flexibility index (Phi) is 15.3. The van der Waals surface area contributed by atoms with Crippen LogP contribution in [0.1, 0.15) is 68.4 Å². The van der Waals surface area contributed by atoms with Gasteiger partial charge in [-0.2, -0.15) is 0 Å². The summed E-state index contributed by atoms with van der Waals surface area (Å²) in [6, 6.07) is 33.5. The van der Waals surface area contributed by atoms with Crippen molar-refractivity contribution in [2.45, 2.75) is 75.7 Å². The molecule has 62 heavy (non-hydrogen) atoms. The van der Waals surface area contributed by atoms with Crippen molar-refractivity contribution in [2.24, 2.45) is 22.9 Å². The lowest BCUT2D eigenvalue weighted by molar-refractivity contribution is -0.253. The first-order chi connectivity index (χ1) is 30.4. The van der Waals surface area contributed by atoms with Crippen molar-refractivity contribution < 1.29 is 38.8 Å². The molecule has 0 radical (unpaired) electrons. The van der Waals surface area contributed by atoms with Gasteiger partial charge in [0.15, 0.2) is 0 Å². The van der Waals surface area contributed by atoms with Crippen molar-refractivity contribution in [3.8, 4) is 28.4 Å². The van der Waals surface area contributed by atoms with Crippen LogP contribution in [-0.4, -0.2) is 72.2 Å². The highest BCUT2D eigenvalue weighted by Gasteiger charge is 2.65. The van der Waals surface area contributed by atoms with Gasteiger partial charge in [-0.1, -0.05) is 109 Å². The molecule has 1 aliphatic heterocycles. The van der Waals surface area contributed by atoms with Crippen LogP contribution in [0.25, 0.3) is 11.1 Å². The standard InChI is InChI=1S/C52H60N2O8/c1-4-6-32-58-51(57)54(3)48-35-46(53-60-36-37-17-9-7-10-18-37)44-33-40(21-13-15-29-55)43(22-14-16-30-56)49-45-34-42(27-28-47(45)62-52(48,50(44)49)59-31-5-2)61-41-25-23-39(24-26-41)38-19-11-8-12-20-38/h4-5,7-12,17-20,23-28,33-34,40,43,48-50,55-56H,1-2,6,13-16,21-22,29-32,35-36H2,3H3. The molecule has 1 fully saturated rings. The zero-order valence-electron chi connectivity index (χ0n) is 35.8. The summed E-state index contributed by atoms with van der Waals surface area (Å²) in [6.07, 6.45) is 10.7. The number of nitrogens with zero attached hydrogens (tertiary/aromatic N) is 2. The van der Waals surface area contributed by atoms with Gasteiger partial charge in [-0.3, -0.25) is 0 Å². The van der Waals surface area contributed by atoms with Gasteiger partial charge >= 0.3 is 6.09 Å². The van der Waals surface area contributed by atoms with Gasteiger partial charge < -0.3 is 38.9 Å². The van der Waals surface area contributed by atoms with E-state index in [1.54, 1.807) is 24.1 Å². The molecular weight excluding hydrogens is 781 g/mol. The highest BCUT2D eigenvalue weighted by atomic mass is 16.7. The summed E-state index contributed by atoms with van der Waals surface area (Å²) < 4.78 is 26.6. The molecule has 6 atom stereocenters. The Morgan fingerprint density at radius 3 is 2.27 bits per heavy atom. The smallest absolute Gasteiger partial charge is 0.409 e. The molecule has 1 amide bonds. The molecule has 2 N–H and O–H groups in total. The first kappa shape index (κ1) is 44.4. The summed E-state index contributed by atoms with van der Waals surface area (Å²) in [5, 5.41) is 24.8. The molecule has 10 nitrogen and oxygen atoms in total. The molecule has 4 aromatic rings. The molecule has 1 heterocycles. The highest BCUT2D eigenvalue weighted by Crippen LogP contribution is 2.62. The van der Waals surface area contributed by atoms with E-state index in [9.17, 15) is 15.0 Å².